The van der Waals surface area contributed by atoms with E-state index in [0.29, 0.717) is 22.9 Å². The minimum atomic E-state index is -0.550. The van der Waals surface area contributed by atoms with Gasteiger partial charge in [-0.25, -0.2) is 14.4 Å². The Morgan fingerprint density at radius 2 is 1.78 bits per heavy atom. The molecule has 0 saturated heterocycles. The van der Waals surface area contributed by atoms with Crippen LogP contribution in [0.2, 0.25) is 0 Å². The number of anilines is 3. The molecule has 0 saturated carbocycles. The third-order valence-corrected chi connectivity index (χ3v) is 3.73. The molecule has 3 aromatic rings. The Bertz CT molecular complexity index is 1020. The molecule has 0 aliphatic heterocycles. The zero-order chi connectivity index (χ0) is 19.4. The molecule has 2 aromatic carbocycles. The molecule has 0 unspecified atom stereocenters. The van der Waals surface area contributed by atoms with Crippen molar-refractivity contribution >= 4 is 28.9 Å². The lowest BCUT2D eigenvalue weighted by atomic mass is 10.1. The third-order valence-electron chi connectivity index (χ3n) is 3.73. The molecule has 0 atom stereocenters. The number of carbonyl (C=O) groups excluding carboxylic acids is 2. The Balaban J connectivity index is 1.84. The van der Waals surface area contributed by atoms with Gasteiger partial charge in [0.1, 0.15) is 23.2 Å². The summed E-state index contributed by atoms with van der Waals surface area (Å²) in [6, 6.07) is 14.3. The molecule has 27 heavy (non-hydrogen) atoms. The average Bonchev–Trinajstić information content (AvgIpc) is 2.63. The summed E-state index contributed by atoms with van der Waals surface area (Å²) in [5.74, 6) is -0.368. The summed E-state index contributed by atoms with van der Waals surface area (Å²) in [4.78, 5) is 32.3. The van der Waals surface area contributed by atoms with E-state index >= 15 is 0 Å². The molecule has 136 valence electrons. The minimum Gasteiger partial charge on any atom is -0.340 e. The van der Waals surface area contributed by atoms with Crippen molar-refractivity contribution in [2.24, 2.45) is 0 Å². The first-order valence-electron chi connectivity index (χ1n) is 8.22. The maximum absolute atomic E-state index is 13.7. The van der Waals surface area contributed by atoms with Gasteiger partial charge in [0.2, 0.25) is 0 Å². The lowest BCUT2D eigenvalue weighted by Gasteiger charge is -2.10. The zero-order valence-corrected chi connectivity index (χ0v) is 14.8. The predicted molar refractivity (Wildman–Crippen MR) is 101 cm³/mol. The van der Waals surface area contributed by atoms with Gasteiger partial charge in [-0.05, 0) is 38.1 Å². The van der Waals surface area contributed by atoms with Crippen molar-refractivity contribution in [3.05, 3.63) is 77.5 Å². The Morgan fingerprint density at radius 1 is 1.00 bits per heavy atom. The molecule has 7 heteroatoms. The van der Waals surface area contributed by atoms with Gasteiger partial charge >= 0.3 is 0 Å². The van der Waals surface area contributed by atoms with Crippen molar-refractivity contribution < 1.29 is 14.0 Å². The van der Waals surface area contributed by atoms with Gasteiger partial charge < -0.3 is 10.6 Å². The summed E-state index contributed by atoms with van der Waals surface area (Å²) in [6.45, 7) is 3.14. The molecule has 3 rings (SSSR count). The largest absolute Gasteiger partial charge is 0.340 e. The number of halogens is 1. The van der Waals surface area contributed by atoms with Crippen LogP contribution in [0.3, 0.4) is 0 Å². The van der Waals surface area contributed by atoms with Gasteiger partial charge in [-0.1, -0.05) is 24.3 Å². The van der Waals surface area contributed by atoms with Crippen LogP contribution >= 0.6 is 0 Å². The number of aromatic nitrogens is 2. The highest BCUT2D eigenvalue weighted by molar-refractivity contribution is 6.03. The number of benzene rings is 2. The van der Waals surface area contributed by atoms with E-state index in [1.54, 1.807) is 37.3 Å². The van der Waals surface area contributed by atoms with Crippen molar-refractivity contribution in [2.45, 2.75) is 13.8 Å². The number of hydrogen-bond donors (Lipinski definition) is 2. The fourth-order valence-corrected chi connectivity index (χ4v) is 2.46. The number of nitrogens with one attached hydrogen (secondary N) is 2. The second-order valence-electron chi connectivity index (χ2n) is 5.88. The monoisotopic (exact) mass is 364 g/mol. The Labute approximate surface area is 155 Å². The van der Waals surface area contributed by atoms with Crippen molar-refractivity contribution in [1.29, 1.82) is 0 Å². The van der Waals surface area contributed by atoms with Gasteiger partial charge in [0.15, 0.2) is 5.78 Å². The number of carbonyl (C=O) groups is 2. The van der Waals surface area contributed by atoms with Gasteiger partial charge in [-0.2, -0.15) is 0 Å². The van der Waals surface area contributed by atoms with Crippen LogP contribution in [0.4, 0.5) is 21.6 Å². The second-order valence-corrected chi connectivity index (χ2v) is 5.88. The summed E-state index contributed by atoms with van der Waals surface area (Å²) in [7, 11) is 0. The summed E-state index contributed by atoms with van der Waals surface area (Å²) in [5, 5.41) is 5.55. The molecule has 1 heterocycles. The van der Waals surface area contributed by atoms with Crippen LogP contribution in [0.1, 0.15) is 33.6 Å². The number of para-hydroxylation sites is 1. The lowest BCUT2D eigenvalue weighted by molar-refractivity contribution is 0.101. The first kappa shape index (κ1) is 18.2. The van der Waals surface area contributed by atoms with Gasteiger partial charge in [0.25, 0.3) is 5.91 Å². The summed E-state index contributed by atoms with van der Waals surface area (Å²) < 4.78 is 13.7. The Hall–Kier alpha value is -3.61. The maximum atomic E-state index is 13.7. The highest BCUT2D eigenvalue weighted by Crippen LogP contribution is 2.19. The summed E-state index contributed by atoms with van der Waals surface area (Å²) >= 11 is 0. The molecular weight excluding hydrogens is 347 g/mol. The van der Waals surface area contributed by atoms with Gasteiger partial charge in [-0.15, -0.1) is 0 Å². The normalized spacial score (nSPS) is 10.3. The van der Waals surface area contributed by atoms with Crippen molar-refractivity contribution in [2.75, 3.05) is 10.6 Å². The number of hydrogen-bond acceptors (Lipinski definition) is 5. The Morgan fingerprint density at radius 3 is 2.52 bits per heavy atom. The topological polar surface area (TPSA) is 84.0 Å². The predicted octanol–water partition coefficient (Wildman–Crippen LogP) is 4.12. The molecule has 0 radical (unpaired) electrons. The first-order chi connectivity index (χ1) is 12.9. The lowest BCUT2D eigenvalue weighted by Crippen LogP contribution is -2.16. The smallest absolute Gasteiger partial charge is 0.274 e. The molecule has 1 amide bonds. The standard InChI is InChI=1S/C20H17FN4O2/c1-12(26)14-6-5-7-15(10-14)24-19-11-18(22-13(2)23-19)20(27)25-17-9-4-3-8-16(17)21/h3-11H,1-2H3,(H,25,27)(H,22,23,24). The number of ketones is 1. The van der Waals surface area contributed by atoms with Crippen molar-refractivity contribution in [1.82, 2.24) is 9.97 Å². The second kappa shape index (κ2) is 7.74. The Kier molecular flexibility index (Phi) is 5.21. The number of nitrogens with zero attached hydrogens (tertiary/aromatic N) is 2. The van der Waals surface area contributed by atoms with Crippen LogP contribution in [-0.2, 0) is 0 Å². The molecule has 6 nitrogen and oxygen atoms in total. The van der Waals surface area contributed by atoms with E-state index in [0.717, 1.165) is 0 Å². The van der Waals surface area contributed by atoms with Gasteiger partial charge in [0.05, 0.1) is 5.69 Å². The minimum absolute atomic E-state index is 0.0533. The third kappa shape index (κ3) is 4.52. The van der Waals surface area contributed by atoms with Gasteiger partial charge in [0, 0.05) is 17.3 Å². The van der Waals surface area contributed by atoms with E-state index < -0.39 is 11.7 Å². The molecule has 1 aromatic heterocycles. The van der Waals surface area contributed by atoms with Gasteiger partial charge in [-0.3, -0.25) is 9.59 Å². The van der Waals surface area contributed by atoms with Crippen LogP contribution in [0.15, 0.2) is 54.6 Å². The van der Waals surface area contributed by atoms with E-state index in [4.69, 9.17) is 0 Å². The summed E-state index contributed by atoms with van der Waals surface area (Å²) in [6.07, 6.45) is 0. The molecule has 0 fully saturated rings. The molecule has 0 aliphatic rings. The van der Waals surface area contributed by atoms with Crippen LogP contribution in [0.5, 0.6) is 0 Å². The molecular formula is C20H17FN4O2. The molecule has 0 aliphatic carbocycles. The average molecular weight is 364 g/mol. The number of aryl methyl sites for hydroxylation is 1. The molecule has 2 N–H and O–H groups in total. The highest BCUT2D eigenvalue weighted by atomic mass is 19.1. The van der Waals surface area contributed by atoms with Crippen LogP contribution in [0, 0.1) is 12.7 Å². The van der Waals surface area contributed by atoms with E-state index in [1.807, 2.05) is 0 Å². The van der Waals surface area contributed by atoms with Crippen molar-refractivity contribution in [3.8, 4) is 0 Å². The molecule has 0 spiro atoms. The van der Waals surface area contributed by atoms with E-state index in [2.05, 4.69) is 20.6 Å². The molecule has 0 bridgehead atoms. The maximum Gasteiger partial charge on any atom is 0.274 e. The number of amides is 1. The fraction of sp³-hybridized carbons (Fsp3) is 0.100. The highest BCUT2D eigenvalue weighted by Gasteiger charge is 2.13. The summed E-state index contributed by atoms with van der Waals surface area (Å²) in [5.41, 5.74) is 1.38. The number of rotatable bonds is 5. The van der Waals surface area contributed by atoms with E-state index in [9.17, 15) is 14.0 Å². The first-order valence-corrected chi connectivity index (χ1v) is 8.22. The van der Waals surface area contributed by atoms with Crippen LogP contribution < -0.4 is 10.6 Å². The van der Waals surface area contributed by atoms with E-state index in [1.165, 1.54) is 31.2 Å². The zero-order valence-electron chi connectivity index (χ0n) is 14.8. The SMILES string of the molecule is CC(=O)c1cccc(Nc2cc(C(=O)Nc3ccccc3F)nc(C)n2)c1. The quantitative estimate of drug-likeness (QED) is 0.665. The van der Waals surface area contributed by atoms with Crippen LogP contribution in [-0.4, -0.2) is 21.7 Å². The van der Waals surface area contributed by atoms with Crippen LogP contribution in [0.25, 0.3) is 0 Å². The van der Waals surface area contributed by atoms with E-state index in [-0.39, 0.29) is 17.2 Å². The number of Topliss-reactive ketones (excluding diaryl/α,β-unsaturated/α-hetero) is 1. The van der Waals surface area contributed by atoms with Crippen molar-refractivity contribution in [3.63, 3.8) is 0 Å². The fourth-order valence-electron chi connectivity index (χ4n) is 2.46.